The SMILES string of the molecule is CCn1c(CC2CCCCCC2N)nc2ccccc21. The van der Waals surface area contributed by atoms with Crippen molar-refractivity contribution in [1.82, 2.24) is 9.55 Å². The molecule has 0 bridgehead atoms. The lowest BCUT2D eigenvalue weighted by molar-refractivity contribution is 0.384. The van der Waals surface area contributed by atoms with E-state index in [1.54, 1.807) is 0 Å². The first kappa shape index (κ1) is 13.6. The Labute approximate surface area is 121 Å². The molecule has 0 amide bonds. The van der Waals surface area contributed by atoms with Crippen molar-refractivity contribution < 1.29 is 0 Å². The fourth-order valence-corrected chi connectivity index (χ4v) is 3.54. The second kappa shape index (κ2) is 5.96. The number of hydrogen-bond donors (Lipinski definition) is 1. The van der Waals surface area contributed by atoms with E-state index in [9.17, 15) is 0 Å². The van der Waals surface area contributed by atoms with Crippen LogP contribution in [0.4, 0.5) is 0 Å². The van der Waals surface area contributed by atoms with E-state index < -0.39 is 0 Å². The molecule has 3 heteroatoms. The number of nitrogens with two attached hydrogens (primary N) is 1. The molecule has 2 unspecified atom stereocenters. The fraction of sp³-hybridized carbons (Fsp3) is 0.588. The van der Waals surface area contributed by atoms with Gasteiger partial charge in [0, 0.05) is 19.0 Å². The van der Waals surface area contributed by atoms with Gasteiger partial charge in [-0.1, -0.05) is 31.4 Å². The van der Waals surface area contributed by atoms with Crippen molar-refractivity contribution in [2.75, 3.05) is 0 Å². The average Bonchev–Trinajstić information content (AvgIpc) is 2.69. The van der Waals surface area contributed by atoms with Gasteiger partial charge in [-0.05, 0) is 37.8 Å². The Bertz CT molecular complexity index is 573. The molecule has 1 heterocycles. The molecule has 0 radical (unpaired) electrons. The Hall–Kier alpha value is -1.35. The van der Waals surface area contributed by atoms with Crippen molar-refractivity contribution in [1.29, 1.82) is 0 Å². The van der Waals surface area contributed by atoms with Crippen LogP contribution in [0.15, 0.2) is 24.3 Å². The number of benzene rings is 1. The minimum atomic E-state index is 0.350. The number of aryl methyl sites for hydroxylation is 1. The molecule has 2 N–H and O–H groups in total. The molecule has 1 fully saturated rings. The summed E-state index contributed by atoms with van der Waals surface area (Å²) in [5.74, 6) is 1.82. The second-order valence-corrected chi connectivity index (χ2v) is 6.03. The summed E-state index contributed by atoms with van der Waals surface area (Å²) in [6.45, 7) is 3.18. The predicted molar refractivity (Wildman–Crippen MR) is 83.7 cm³/mol. The van der Waals surface area contributed by atoms with Crippen molar-refractivity contribution in [2.45, 2.75) is 58.0 Å². The number of para-hydroxylation sites is 2. The Kier molecular flexibility index (Phi) is 4.06. The van der Waals surface area contributed by atoms with E-state index in [1.165, 1.54) is 43.4 Å². The molecule has 0 saturated heterocycles. The van der Waals surface area contributed by atoms with Gasteiger partial charge in [0.1, 0.15) is 5.82 Å². The summed E-state index contributed by atoms with van der Waals surface area (Å²) in [5, 5.41) is 0. The largest absolute Gasteiger partial charge is 0.328 e. The van der Waals surface area contributed by atoms with Crippen molar-refractivity contribution in [3.8, 4) is 0 Å². The van der Waals surface area contributed by atoms with Gasteiger partial charge in [0.25, 0.3) is 0 Å². The Balaban J connectivity index is 1.89. The lowest BCUT2D eigenvalue weighted by atomic mass is 9.92. The molecule has 2 aromatic rings. The van der Waals surface area contributed by atoms with Crippen LogP contribution in [0.3, 0.4) is 0 Å². The molecule has 0 spiro atoms. The minimum absolute atomic E-state index is 0.350. The first-order valence-electron chi connectivity index (χ1n) is 7.99. The number of fused-ring (bicyclic) bond motifs is 1. The zero-order valence-corrected chi connectivity index (χ0v) is 12.4. The predicted octanol–water partition coefficient (Wildman–Crippen LogP) is 3.51. The van der Waals surface area contributed by atoms with Crippen molar-refractivity contribution in [3.05, 3.63) is 30.1 Å². The molecule has 1 aliphatic rings. The Morgan fingerprint density at radius 1 is 1.20 bits per heavy atom. The summed E-state index contributed by atoms with van der Waals surface area (Å²) < 4.78 is 2.35. The molecule has 3 nitrogen and oxygen atoms in total. The normalized spacial score (nSPS) is 23.9. The molecule has 1 aromatic carbocycles. The molecule has 1 saturated carbocycles. The van der Waals surface area contributed by atoms with E-state index in [2.05, 4.69) is 35.8 Å². The molecule has 3 rings (SSSR count). The van der Waals surface area contributed by atoms with Gasteiger partial charge in [-0.2, -0.15) is 0 Å². The minimum Gasteiger partial charge on any atom is -0.328 e. The van der Waals surface area contributed by atoms with Crippen molar-refractivity contribution in [2.24, 2.45) is 11.7 Å². The van der Waals surface area contributed by atoms with E-state index in [4.69, 9.17) is 10.7 Å². The van der Waals surface area contributed by atoms with Gasteiger partial charge in [0.15, 0.2) is 0 Å². The summed E-state index contributed by atoms with van der Waals surface area (Å²) in [6, 6.07) is 8.79. The first-order valence-corrected chi connectivity index (χ1v) is 7.99. The summed E-state index contributed by atoms with van der Waals surface area (Å²) in [6.07, 6.45) is 7.43. The van der Waals surface area contributed by atoms with E-state index in [0.29, 0.717) is 12.0 Å². The highest BCUT2D eigenvalue weighted by Gasteiger charge is 2.23. The van der Waals surface area contributed by atoms with E-state index >= 15 is 0 Å². The van der Waals surface area contributed by atoms with Crippen molar-refractivity contribution >= 4 is 11.0 Å². The molecular weight excluding hydrogens is 246 g/mol. The lowest BCUT2D eigenvalue weighted by Crippen LogP contribution is -2.31. The maximum absolute atomic E-state index is 6.38. The van der Waals surface area contributed by atoms with E-state index in [-0.39, 0.29) is 0 Å². The Morgan fingerprint density at radius 2 is 2.00 bits per heavy atom. The highest BCUT2D eigenvalue weighted by atomic mass is 15.1. The second-order valence-electron chi connectivity index (χ2n) is 6.03. The van der Waals surface area contributed by atoms with Crippen LogP contribution in [0.5, 0.6) is 0 Å². The summed E-state index contributed by atoms with van der Waals surface area (Å²) in [4.78, 5) is 4.85. The van der Waals surface area contributed by atoms with Crippen LogP contribution in [-0.2, 0) is 13.0 Å². The third-order valence-corrected chi connectivity index (χ3v) is 4.71. The van der Waals surface area contributed by atoms with Crippen molar-refractivity contribution in [3.63, 3.8) is 0 Å². The number of rotatable bonds is 3. The van der Waals surface area contributed by atoms with Gasteiger partial charge in [0.2, 0.25) is 0 Å². The van der Waals surface area contributed by atoms with Crippen LogP contribution in [0.25, 0.3) is 11.0 Å². The highest BCUT2D eigenvalue weighted by Crippen LogP contribution is 2.26. The molecule has 20 heavy (non-hydrogen) atoms. The van der Waals surface area contributed by atoms with Gasteiger partial charge < -0.3 is 10.3 Å². The van der Waals surface area contributed by atoms with Gasteiger partial charge in [-0.15, -0.1) is 0 Å². The van der Waals surface area contributed by atoms with Crippen LogP contribution < -0.4 is 5.73 Å². The highest BCUT2D eigenvalue weighted by molar-refractivity contribution is 5.75. The van der Waals surface area contributed by atoms with Crippen LogP contribution >= 0.6 is 0 Å². The number of aromatic nitrogens is 2. The van der Waals surface area contributed by atoms with Gasteiger partial charge in [0.05, 0.1) is 11.0 Å². The Morgan fingerprint density at radius 3 is 2.85 bits per heavy atom. The van der Waals surface area contributed by atoms with Crippen LogP contribution in [0, 0.1) is 5.92 Å². The van der Waals surface area contributed by atoms with Crippen LogP contribution in [0.2, 0.25) is 0 Å². The van der Waals surface area contributed by atoms with E-state index in [0.717, 1.165) is 18.5 Å². The standard InChI is InChI=1S/C17H25N3/c1-2-20-16-11-7-6-10-15(16)19-17(20)12-13-8-4-3-5-9-14(13)18/h6-7,10-11,13-14H,2-5,8-9,12,18H2,1H3. The average molecular weight is 271 g/mol. The summed E-state index contributed by atoms with van der Waals surface area (Å²) >= 11 is 0. The maximum Gasteiger partial charge on any atom is 0.110 e. The molecule has 2 atom stereocenters. The maximum atomic E-state index is 6.38. The third kappa shape index (κ3) is 2.59. The fourth-order valence-electron chi connectivity index (χ4n) is 3.54. The third-order valence-electron chi connectivity index (χ3n) is 4.71. The molecular formula is C17H25N3. The summed E-state index contributed by atoms with van der Waals surface area (Å²) in [5.41, 5.74) is 8.75. The van der Waals surface area contributed by atoms with E-state index in [1.807, 2.05) is 0 Å². The number of nitrogens with zero attached hydrogens (tertiary/aromatic N) is 2. The number of hydrogen-bond acceptors (Lipinski definition) is 2. The topological polar surface area (TPSA) is 43.8 Å². The monoisotopic (exact) mass is 271 g/mol. The molecule has 1 aliphatic carbocycles. The van der Waals surface area contributed by atoms with Gasteiger partial charge in [-0.3, -0.25) is 0 Å². The lowest BCUT2D eigenvalue weighted by Gasteiger charge is -2.21. The molecule has 1 aromatic heterocycles. The van der Waals surface area contributed by atoms with Gasteiger partial charge >= 0.3 is 0 Å². The molecule has 108 valence electrons. The zero-order chi connectivity index (χ0) is 13.9. The van der Waals surface area contributed by atoms with Gasteiger partial charge in [-0.25, -0.2) is 4.98 Å². The quantitative estimate of drug-likeness (QED) is 0.868. The van der Waals surface area contributed by atoms with Crippen LogP contribution in [-0.4, -0.2) is 15.6 Å². The van der Waals surface area contributed by atoms with Crippen LogP contribution in [0.1, 0.15) is 44.9 Å². The number of imidazole rings is 1. The first-order chi connectivity index (χ1) is 9.79. The smallest absolute Gasteiger partial charge is 0.110 e. The molecule has 0 aliphatic heterocycles. The summed E-state index contributed by atoms with van der Waals surface area (Å²) in [7, 11) is 0. The zero-order valence-electron chi connectivity index (χ0n) is 12.4.